The Balaban J connectivity index is 3.28. The second kappa shape index (κ2) is 21.0. The van der Waals surface area contributed by atoms with Gasteiger partial charge in [0.05, 0.1) is 58.5 Å². The van der Waals surface area contributed by atoms with Crippen LogP contribution < -0.4 is 5.84 Å². The fourth-order valence-electron chi connectivity index (χ4n) is 1.91. The van der Waals surface area contributed by atoms with Crippen molar-refractivity contribution in [3.8, 4) is 0 Å². The smallest absolute Gasteiger partial charge is 0.0778 e. The fraction of sp³-hybridized carbons (Fsp3) is 0.889. The highest BCUT2D eigenvalue weighted by atomic mass is 16.6. The molecule has 25 heavy (non-hydrogen) atoms. The normalized spacial score (nSPS) is 12.3. The molecule has 0 aliphatic rings. The topological polar surface area (TPSA) is 87.7 Å². The zero-order chi connectivity index (χ0) is 18.4. The molecule has 0 saturated carbocycles. The maximum Gasteiger partial charge on any atom is 0.0778 e. The first kappa shape index (κ1) is 24.0. The predicted molar refractivity (Wildman–Crippen MR) is 103 cm³/mol. The molecule has 0 unspecified atom stereocenters. The minimum absolute atomic E-state index is 0.559. The van der Waals surface area contributed by atoms with Crippen molar-refractivity contribution in [1.82, 2.24) is 0 Å². The predicted octanol–water partition coefficient (Wildman–Crippen LogP) is 2.43. The molecule has 0 fully saturated rings. The molecule has 0 amide bonds. The van der Waals surface area contributed by atoms with Gasteiger partial charge in [-0.2, -0.15) is 5.10 Å². The largest absolute Gasteiger partial charge is 0.379 e. The van der Waals surface area contributed by atoms with Gasteiger partial charge in [0.1, 0.15) is 0 Å². The first-order valence-electron chi connectivity index (χ1n) is 9.42. The number of nitrogens with two attached hydrogens (primary N) is 1. The van der Waals surface area contributed by atoms with E-state index in [9.17, 15) is 0 Å². The Kier molecular flexibility index (Phi) is 20.2. The molecule has 0 radical (unpaired) electrons. The van der Waals surface area contributed by atoms with Gasteiger partial charge in [-0.15, -0.1) is 0 Å². The van der Waals surface area contributed by atoms with E-state index < -0.39 is 0 Å². The van der Waals surface area contributed by atoms with Crippen LogP contribution in [0, 0.1) is 0 Å². The van der Waals surface area contributed by atoms with Gasteiger partial charge in [0.25, 0.3) is 0 Å². The zero-order valence-corrected chi connectivity index (χ0v) is 16.1. The van der Waals surface area contributed by atoms with Crippen molar-refractivity contribution in [2.45, 2.75) is 46.0 Å². The summed E-state index contributed by atoms with van der Waals surface area (Å²) in [6.07, 6.45) is 7.14. The molecule has 0 atom stereocenters. The Morgan fingerprint density at radius 3 is 1.84 bits per heavy atom. The second-order valence-electron chi connectivity index (χ2n) is 5.56. The van der Waals surface area contributed by atoms with Gasteiger partial charge in [-0.1, -0.05) is 26.7 Å². The first-order valence-corrected chi connectivity index (χ1v) is 9.42. The Morgan fingerprint density at radius 1 is 0.760 bits per heavy atom. The average molecular weight is 360 g/mol. The van der Waals surface area contributed by atoms with Crippen molar-refractivity contribution in [1.29, 1.82) is 0 Å². The van der Waals surface area contributed by atoms with Crippen LogP contribution in [-0.4, -0.2) is 71.3 Å². The SMILES string of the molecule is CCCCC/C(C=NCCOCCOCCOCCOCCC)=N/N. The van der Waals surface area contributed by atoms with Crippen LogP contribution in [0.5, 0.6) is 0 Å². The summed E-state index contributed by atoms with van der Waals surface area (Å²) >= 11 is 0. The number of hydrogen-bond acceptors (Lipinski definition) is 7. The summed E-state index contributed by atoms with van der Waals surface area (Å²) in [5.74, 6) is 5.35. The first-order chi connectivity index (χ1) is 12.3. The van der Waals surface area contributed by atoms with Crippen molar-refractivity contribution in [2.24, 2.45) is 15.9 Å². The maximum atomic E-state index is 5.45. The van der Waals surface area contributed by atoms with Gasteiger partial charge in [-0.3, -0.25) is 4.99 Å². The lowest BCUT2D eigenvalue weighted by Crippen LogP contribution is -2.12. The summed E-state index contributed by atoms with van der Waals surface area (Å²) in [5.41, 5.74) is 0.844. The van der Waals surface area contributed by atoms with Crippen LogP contribution in [0.15, 0.2) is 10.1 Å². The van der Waals surface area contributed by atoms with Crippen LogP contribution in [0.25, 0.3) is 0 Å². The van der Waals surface area contributed by atoms with Gasteiger partial charge in [0, 0.05) is 12.8 Å². The van der Waals surface area contributed by atoms with Crippen molar-refractivity contribution in [2.75, 3.05) is 59.4 Å². The molecule has 0 spiro atoms. The van der Waals surface area contributed by atoms with Crippen molar-refractivity contribution in [3.63, 3.8) is 0 Å². The Hall–Kier alpha value is -1.02. The van der Waals surface area contributed by atoms with Gasteiger partial charge in [-0.05, 0) is 19.3 Å². The third kappa shape index (κ3) is 19.2. The van der Waals surface area contributed by atoms with Crippen LogP contribution in [-0.2, 0) is 18.9 Å². The van der Waals surface area contributed by atoms with E-state index in [1.54, 1.807) is 6.21 Å². The van der Waals surface area contributed by atoms with Gasteiger partial charge in [0.2, 0.25) is 0 Å². The second-order valence-corrected chi connectivity index (χ2v) is 5.56. The van der Waals surface area contributed by atoms with Gasteiger partial charge < -0.3 is 24.8 Å². The van der Waals surface area contributed by atoms with Crippen LogP contribution in [0.1, 0.15) is 46.0 Å². The van der Waals surface area contributed by atoms with E-state index in [-0.39, 0.29) is 0 Å². The van der Waals surface area contributed by atoms with Crippen LogP contribution in [0.3, 0.4) is 0 Å². The molecule has 0 rings (SSSR count). The fourth-order valence-corrected chi connectivity index (χ4v) is 1.91. The lowest BCUT2D eigenvalue weighted by Gasteiger charge is -2.06. The highest BCUT2D eigenvalue weighted by Gasteiger charge is 1.95. The van der Waals surface area contributed by atoms with E-state index in [0.29, 0.717) is 52.8 Å². The van der Waals surface area contributed by atoms with Crippen molar-refractivity contribution in [3.05, 3.63) is 0 Å². The summed E-state index contributed by atoms with van der Waals surface area (Å²) in [4.78, 5) is 4.28. The van der Waals surface area contributed by atoms with Gasteiger partial charge in [-0.25, -0.2) is 0 Å². The standard InChI is InChI=1S/C18H37N3O4/c1-3-5-6-7-18(21-19)17-20-8-10-23-12-14-25-16-15-24-13-11-22-9-4-2/h17H,3-16,19H2,1-2H3/b20-17?,21-18-. The number of aliphatic imine (C=N–C) groups is 1. The number of hydrogen-bond donors (Lipinski definition) is 1. The van der Waals surface area contributed by atoms with E-state index in [0.717, 1.165) is 31.6 Å². The van der Waals surface area contributed by atoms with Crippen LogP contribution >= 0.6 is 0 Å². The van der Waals surface area contributed by atoms with Crippen molar-refractivity contribution >= 4 is 11.9 Å². The van der Waals surface area contributed by atoms with E-state index in [2.05, 4.69) is 23.9 Å². The highest BCUT2D eigenvalue weighted by Crippen LogP contribution is 1.99. The molecule has 148 valence electrons. The molecule has 0 aromatic rings. The summed E-state index contributed by atoms with van der Waals surface area (Å²) in [5, 5.41) is 3.75. The van der Waals surface area contributed by atoms with E-state index in [4.69, 9.17) is 24.8 Å². The summed E-state index contributed by atoms with van der Waals surface area (Å²) in [7, 11) is 0. The van der Waals surface area contributed by atoms with E-state index in [1.807, 2.05) is 0 Å². The molecular formula is C18H37N3O4. The molecule has 0 aromatic carbocycles. The average Bonchev–Trinajstić information content (AvgIpc) is 2.63. The molecule has 7 heteroatoms. The zero-order valence-electron chi connectivity index (χ0n) is 16.1. The molecule has 0 aliphatic heterocycles. The quantitative estimate of drug-likeness (QED) is 0.166. The third-order valence-electron chi connectivity index (χ3n) is 3.27. The minimum atomic E-state index is 0.559. The Morgan fingerprint density at radius 2 is 1.32 bits per heavy atom. The van der Waals surface area contributed by atoms with Crippen LogP contribution in [0.2, 0.25) is 0 Å². The number of hydrazone groups is 1. The van der Waals surface area contributed by atoms with E-state index >= 15 is 0 Å². The highest BCUT2D eigenvalue weighted by molar-refractivity contribution is 6.30. The van der Waals surface area contributed by atoms with Gasteiger partial charge in [0.15, 0.2) is 0 Å². The van der Waals surface area contributed by atoms with Crippen molar-refractivity contribution < 1.29 is 18.9 Å². The number of ether oxygens (including phenoxy) is 4. The molecule has 0 heterocycles. The molecule has 0 bridgehead atoms. The summed E-state index contributed by atoms with van der Waals surface area (Å²) < 4.78 is 21.5. The number of unbranched alkanes of at least 4 members (excludes halogenated alkanes) is 2. The van der Waals surface area contributed by atoms with E-state index in [1.165, 1.54) is 12.8 Å². The maximum absolute atomic E-state index is 5.45. The monoisotopic (exact) mass is 359 g/mol. The Bertz CT molecular complexity index is 325. The molecule has 7 nitrogen and oxygen atoms in total. The third-order valence-corrected chi connectivity index (χ3v) is 3.27. The Labute approximate surface area is 152 Å². The van der Waals surface area contributed by atoms with Crippen LogP contribution in [0.4, 0.5) is 0 Å². The lowest BCUT2D eigenvalue weighted by atomic mass is 10.1. The minimum Gasteiger partial charge on any atom is -0.379 e. The molecular weight excluding hydrogens is 322 g/mol. The number of rotatable bonds is 19. The summed E-state index contributed by atoms with van der Waals surface area (Å²) in [6, 6.07) is 0. The summed E-state index contributed by atoms with van der Waals surface area (Å²) in [6.45, 7) is 9.76. The molecule has 0 saturated heterocycles. The molecule has 0 aliphatic carbocycles. The molecule has 2 N–H and O–H groups in total. The van der Waals surface area contributed by atoms with Gasteiger partial charge >= 0.3 is 0 Å². The molecule has 0 aromatic heterocycles. The lowest BCUT2D eigenvalue weighted by molar-refractivity contribution is -0.000868. The number of nitrogens with zero attached hydrogens (tertiary/aromatic N) is 2.